The summed E-state index contributed by atoms with van der Waals surface area (Å²) in [5.74, 6) is 0.710. The largest absolute Gasteiger partial charge is 0.348 e. The molecule has 2 aromatic rings. The summed E-state index contributed by atoms with van der Waals surface area (Å²) in [7, 11) is 2.19. The minimum atomic E-state index is 0.211. The van der Waals surface area contributed by atoms with Crippen LogP contribution in [-0.4, -0.2) is 17.2 Å². The molecule has 3 rings (SSSR count). The molecule has 2 nitrogen and oxygen atoms in total. The number of hydrogen-bond acceptors (Lipinski definition) is 1. The van der Waals surface area contributed by atoms with Crippen molar-refractivity contribution in [3.8, 4) is 0 Å². The van der Waals surface area contributed by atoms with E-state index in [1.165, 1.54) is 28.6 Å². The maximum atomic E-state index is 3.61. The molecular formula is C18H26N2. The monoisotopic (exact) mass is 270 g/mol. The second-order valence-electron chi connectivity index (χ2n) is 7.00. The van der Waals surface area contributed by atoms with E-state index < -0.39 is 0 Å². The fourth-order valence-electron chi connectivity index (χ4n) is 4.02. The van der Waals surface area contributed by atoms with Gasteiger partial charge in [-0.15, -0.1) is 0 Å². The van der Waals surface area contributed by atoms with Gasteiger partial charge in [0.15, 0.2) is 0 Å². The van der Waals surface area contributed by atoms with Crippen molar-refractivity contribution < 1.29 is 0 Å². The summed E-state index contributed by atoms with van der Waals surface area (Å²) >= 11 is 0. The van der Waals surface area contributed by atoms with Crippen LogP contribution >= 0.6 is 0 Å². The number of benzene rings is 1. The molecule has 1 saturated heterocycles. The number of fused-ring (bicyclic) bond motifs is 1. The van der Waals surface area contributed by atoms with Gasteiger partial charge in [0, 0.05) is 29.7 Å². The first-order valence-corrected chi connectivity index (χ1v) is 7.70. The molecule has 2 heteroatoms. The van der Waals surface area contributed by atoms with Gasteiger partial charge >= 0.3 is 0 Å². The number of para-hydroxylation sites is 1. The van der Waals surface area contributed by atoms with Gasteiger partial charge in [-0.05, 0) is 49.8 Å². The highest BCUT2D eigenvalue weighted by Gasteiger charge is 2.38. The average molecular weight is 270 g/mol. The maximum Gasteiger partial charge on any atom is 0.0482 e. The zero-order chi connectivity index (χ0) is 14.5. The summed E-state index contributed by atoms with van der Waals surface area (Å²) in [6, 6.07) is 9.46. The molecule has 0 saturated carbocycles. The third-order valence-electron chi connectivity index (χ3n) is 5.42. The van der Waals surface area contributed by atoms with E-state index >= 15 is 0 Å². The molecule has 1 aliphatic rings. The zero-order valence-electron chi connectivity index (χ0n) is 13.3. The van der Waals surface area contributed by atoms with Crippen LogP contribution in [0.3, 0.4) is 0 Å². The van der Waals surface area contributed by atoms with Crippen molar-refractivity contribution in [3.63, 3.8) is 0 Å². The first-order chi connectivity index (χ1) is 9.43. The number of aryl methyl sites for hydroxylation is 1. The van der Waals surface area contributed by atoms with Crippen molar-refractivity contribution in [2.24, 2.45) is 13.0 Å². The minimum Gasteiger partial charge on any atom is -0.348 e. The lowest BCUT2D eigenvalue weighted by Crippen LogP contribution is -2.31. The van der Waals surface area contributed by atoms with Gasteiger partial charge in [-0.2, -0.15) is 0 Å². The molecule has 0 spiro atoms. The molecule has 2 heterocycles. The fourth-order valence-corrected chi connectivity index (χ4v) is 4.02. The maximum absolute atomic E-state index is 3.61. The Morgan fingerprint density at radius 1 is 1.25 bits per heavy atom. The van der Waals surface area contributed by atoms with Crippen LogP contribution in [0.1, 0.15) is 38.4 Å². The molecule has 1 aromatic heterocycles. The summed E-state index contributed by atoms with van der Waals surface area (Å²) < 4.78 is 2.35. The number of aromatic nitrogens is 1. The molecule has 2 atom stereocenters. The van der Waals surface area contributed by atoms with E-state index in [4.69, 9.17) is 0 Å². The smallest absolute Gasteiger partial charge is 0.0482 e. The Labute approximate surface area is 122 Å². The number of nitrogens with one attached hydrogen (secondary N) is 1. The summed E-state index contributed by atoms with van der Waals surface area (Å²) in [5, 5.41) is 5.04. The topological polar surface area (TPSA) is 17.0 Å². The van der Waals surface area contributed by atoms with Crippen LogP contribution in [0.2, 0.25) is 0 Å². The van der Waals surface area contributed by atoms with Crippen LogP contribution in [0.25, 0.3) is 10.9 Å². The van der Waals surface area contributed by atoms with Gasteiger partial charge in [0.1, 0.15) is 0 Å². The summed E-state index contributed by atoms with van der Waals surface area (Å²) in [5.41, 5.74) is 4.52. The number of nitrogens with zero attached hydrogens (tertiary/aromatic N) is 1. The van der Waals surface area contributed by atoms with E-state index in [0.717, 1.165) is 6.54 Å². The highest BCUT2D eigenvalue weighted by Crippen LogP contribution is 2.42. The Morgan fingerprint density at radius 3 is 2.60 bits per heavy atom. The van der Waals surface area contributed by atoms with Crippen LogP contribution < -0.4 is 5.32 Å². The molecule has 2 unspecified atom stereocenters. The molecule has 0 bridgehead atoms. The standard InChI is InChI=1S/C18H26N2/c1-12-10-14(11-19-12)18(3,4)17-13(2)20(5)16-9-7-6-8-15(16)17/h6-9,12,14,19H,10-11H2,1-5H3. The Balaban J connectivity index is 2.16. The summed E-state index contributed by atoms with van der Waals surface area (Å²) in [6.45, 7) is 10.5. The van der Waals surface area contributed by atoms with E-state index in [0.29, 0.717) is 12.0 Å². The Hall–Kier alpha value is -1.28. The zero-order valence-corrected chi connectivity index (χ0v) is 13.3. The van der Waals surface area contributed by atoms with Crippen LogP contribution in [0.4, 0.5) is 0 Å². The second kappa shape index (κ2) is 4.63. The Morgan fingerprint density at radius 2 is 1.95 bits per heavy atom. The molecule has 1 aromatic carbocycles. The van der Waals surface area contributed by atoms with Gasteiger partial charge in [0.25, 0.3) is 0 Å². The third-order valence-corrected chi connectivity index (χ3v) is 5.42. The third kappa shape index (κ3) is 1.89. The number of hydrogen-bond donors (Lipinski definition) is 1. The summed E-state index contributed by atoms with van der Waals surface area (Å²) in [4.78, 5) is 0. The predicted molar refractivity (Wildman–Crippen MR) is 86.3 cm³/mol. The first kappa shape index (κ1) is 13.7. The van der Waals surface area contributed by atoms with Crippen molar-refractivity contribution >= 4 is 10.9 Å². The van der Waals surface area contributed by atoms with Crippen molar-refractivity contribution in [1.82, 2.24) is 9.88 Å². The van der Waals surface area contributed by atoms with Gasteiger partial charge in [-0.3, -0.25) is 0 Å². The van der Waals surface area contributed by atoms with Gasteiger partial charge in [-0.25, -0.2) is 0 Å². The quantitative estimate of drug-likeness (QED) is 0.879. The van der Waals surface area contributed by atoms with E-state index in [2.05, 4.69) is 68.9 Å². The highest BCUT2D eigenvalue weighted by atomic mass is 15.0. The van der Waals surface area contributed by atoms with Crippen LogP contribution in [0.5, 0.6) is 0 Å². The first-order valence-electron chi connectivity index (χ1n) is 7.70. The number of rotatable bonds is 2. The molecule has 1 fully saturated rings. The fraction of sp³-hybridized carbons (Fsp3) is 0.556. The summed E-state index contributed by atoms with van der Waals surface area (Å²) in [6.07, 6.45) is 1.27. The molecular weight excluding hydrogens is 244 g/mol. The van der Waals surface area contributed by atoms with Crippen molar-refractivity contribution in [3.05, 3.63) is 35.5 Å². The van der Waals surface area contributed by atoms with Crippen molar-refractivity contribution in [1.29, 1.82) is 0 Å². The lowest BCUT2D eigenvalue weighted by molar-refractivity contribution is 0.339. The Bertz CT molecular complexity index is 636. The lowest BCUT2D eigenvalue weighted by Gasteiger charge is -2.32. The molecule has 1 N–H and O–H groups in total. The molecule has 20 heavy (non-hydrogen) atoms. The normalized spacial score (nSPS) is 23.6. The van der Waals surface area contributed by atoms with Gasteiger partial charge in [0.05, 0.1) is 0 Å². The van der Waals surface area contributed by atoms with E-state index in [1.54, 1.807) is 0 Å². The predicted octanol–water partition coefficient (Wildman–Crippen LogP) is 3.76. The van der Waals surface area contributed by atoms with Crippen LogP contribution in [0.15, 0.2) is 24.3 Å². The highest BCUT2D eigenvalue weighted by molar-refractivity contribution is 5.86. The van der Waals surface area contributed by atoms with E-state index in [1.807, 2.05) is 0 Å². The van der Waals surface area contributed by atoms with E-state index in [9.17, 15) is 0 Å². The Kier molecular flexibility index (Phi) is 3.17. The van der Waals surface area contributed by atoms with Gasteiger partial charge < -0.3 is 9.88 Å². The minimum absolute atomic E-state index is 0.211. The van der Waals surface area contributed by atoms with Crippen LogP contribution in [-0.2, 0) is 12.5 Å². The van der Waals surface area contributed by atoms with E-state index in [-0.39, 0.29) is 5.41 Å². The van der Waals surface area contributed by atoms with Crippen molar-refractivity contribution in [2.45, 2.75) is 45.6 Å². The molecule has 0 radical (unpaired) electrons. The molecule has 0 aliphatic carbocycles. The van der Waals surface area contributed by atoms with Crippen molar-refractivity contribution in [2.75, 3.05) is 6.54 Å². The average Bonchev–Trinajstić information content (AvgIpc) is 2.95. The van der Waals surface area contributed by atoms with Crippen LogP contribution in [0, 0.1) is 12.8 Å². The molecule has 0 amide bonds. The van der Waals surface area contributed by atoms with Gasteiger partial charge in [0.2, 0.25) is 0 Å². The SMILES string of the molecule is Cc1c(C(C)(C)C2CNC(C)C2)c2ccccc2n1C. The second-order valence-corrected chi connectivity index (χ2v) is 7.00. The molecule has 108 valence electrons. The lowest BCUT2D eigenvalue weighted by atomic mass is 9.71. The van der Waals surface area contributed by atoms with Gasteiger partial charge in [-0.1, -0.05) is 32.0 Å². The molecule has 1 aliphatic heterocycles.